The average Bonchev–Trinajstić information content (AvgIpc) is 2.48. The molecular formula is C14H27N3O2. The highest BCUT2D eigenvalue weighted by Gasteiger charge is 2.27. The van der Waals surface area contributed by atoms with E-state index in [9.17, 15) is 4.79 Å². The summed E-state index contributed by atoms with van der Waals surface area (Å²) in [5.74, 6) is 0.116. The fourth-order valence-corrected chi connectivity index (χ4v) is 3.10. The minimum atomic E-state index is 0.116. The van der Waals surface area contributed by atoms with Crippen LogP contribution in [0.3, 0.4) is 0 Å². The van der Waals surface area contributed by atoms with Gasteiger partial charge in [0.2, 0.25) is 5.91 Å². The van der Waals surface area contributed by atoms with Gasteiger partial charge in [-0.2, -0.15) is 0 Å². The molecule has 2 aliphatic heterocycles. The Morgan fingerprint density at radius 2 is 1.79 bits per heavy atom. The van der Waals surface area contributed by atoms with Crippen molar-refractivity contribution in [1.29, 1.82) is 0 Å². The summed E-state index contributed by atoms with van der Waals surface area (Å²) in [5.41, 5.74) is 5.34. The Morgan fingerprint density at radius 3 is 2.42 bits per heavy atom. The van der Waals surface area contributed by atoms with Crippen LogP contribution in [0, 0.1) is 0 Å². The lowest BCUT2D eigenvalue weighted by molar-refractivity contribution is -0.137. The molecule has 2 saturated heterocycles. The molecule has 2 rings (SSSR count). The first-order valence-corrected chi connectivity index (χ1v) is 7.61. The maximum absolute atomic E-state index is 11.9. The van der Waals surface area contributed by atoms with Crippen molar-refractivity contribution >= 4 is 5.91 Å². The van der Waals surface area contributed by atoms with Gasteiger partial charge in [0.05, 0.1) is 6.61 Å². The molecule has 0 saturated carbocycles. The highest BCUT2D eigenvalue weighted by atomic mass is 16.5. The van der Waals surface area contributed by atoms with Crippen molar-refractivity contribution in [3.8, 4) is 0 Å². The molecule has 5 heteroatoms. The normalized spacial score (nSPS) is 22.7. The number of rotatable bonds is 5. The van der Waals surface area contributed by atoms with Crippen LogP contribution in [0.5, 0.6) is 0 Å². The second kappa shape index (κ2) is 7.82. The molecule has 0 atom stereocenters. The van der Waals surface area contributed by atoms with Gasteiger partial charge in [0.25, 0.3) is 0 Å². The predicted molar refractivity (Wildman–Crippen MR) is 74.9 cm³/mol. The van der Waals surface area contributed by atoms with Gasteiger partial charge >= 0.3 is 0 Å². The largest absolute Gasteiger partial charge is 0.370 e. The minimum Gasteiger partial charge on any atom is -0.370 e. The third-order valence-corrected chi connectivity index (χ3v) is 4.21. The predicted octanol–water partition coefficient (Wildman–Crippen LogP) is 0.439. The van der Waals surface area contributed by atoms with Gasteiger partial charge in [0.1, 0.15) is 6.61 Å². The van der Waals surface area contributed by atoms with E-state index < -0.39 is 0 Å². The van der Waals surface area contributed by atoms with Gasteiger partial charge in [-0.3, -0.25) is 4.79 Å². The van der Waals surface area contributed by atoms with Crippen LogP contribution in [0.2, 0.25) is 0 Å². The van der Waals surface area contributed by atoms with Crippen LogP contribution < -0.4 is 5.73 Å². The van der Waals surface area contributed by atoms with Crippen molar-refractivity contribution in [2.75, 3.05) is 45.9 Å². The summed E-state index contributed by atoms with van der Waals surface area (Å²) in [5, 5.41) is 0. The van der Waals surface area contributed by atoms with E-state index in [2.05, 4.69) is 4.90 Å². The van der Waals surface area contributed by atoms with Crippen LogP contribution in [0.4, 0.5) is 0 Å². The highest BCUT2D eigenvalue weighted by molar-refractivity contribution is 5.77. The first-order valence-electron chi connectivity index (χ1n) is 7.61. The van der Waals surface area contributed by atoms with E-state index in [1.807, 2.05) is 4.90 Å². The third-order valence-electron chi connectivity index (χ3n) is 4.21. The molecular weight excluding hydrogens is 242 g/mol. The molecule has 2 aliphatic rings. The Kier molecular flexibility index (Phi) is 6.07. The Labute approximate surface area is 116 Å². The number of carbonyl (C=O) groups is 1. The lowest BCUT2D eigenvalue weighted by Gasteiger charge is -2.40. The SMILES string of the molecule is NCCOCC(=O)N1CCC(N2CCCCC2)CC1. The van der Waals surface area contributed by atoms with Crippen molar-refractivity contribution in [2.24, 2.45) is 5.73 Å². The van der Waals surface area contributed by atoms with Crippen molar-refractivity contribution in [3.63, 3.8) is 0 Å². The van der Waals surface area contributed by atoms with Crippen molar-refractivity contribution in [3.05, 3.63) is 0 Å². The number of ether oxygens (including phenoxy) is 1. The van der Waals surface area contributed by atoms with Gasteiger partial charge < -0.3 is 20.3 Å². The fraction of sp³-hybridized carbons (Fsp3) is 0.929. The number of piperidine rings is 2. The number of nitrogens with two attached hydrogens (primary N) is 1. The summed E-state index contributed by atoms with van der Waals surface area (Å²) in [6.45, 7) is 5.39. The van der Waals surface area contributed by atoms with Crippen LogP contribution in [0.15, 0.2) is 0 Å². The van der Waals surface area contributed by atoms with Crippen LogP contribution in [0.1, 0.15) is 32.1 Å². The van der Waals surface area contributed by atoms with Crippen LogP contribution in [0.25, 0.3) is 0 Å². The Morgan fingerprint density at radius 1 is 1.11 bits per heavy atom. The lowest BCUT2D eigenvalue weighted by atomic mass is 10.00. The Hall–Kier alpha value is -0.650. The van der Waals surface area contributed by atoms with Gasteiger partial charge in [-0.1, -0.05) is 6.42 Å². The van der Waals surface area contributed by atoms with E-state index in [1.54, 1.807) is 0 Å². The fourth-order valence-electron chi connectivity index (χ4n) is 3.10. The van der Waals surface area contributed by atoms with Gasteiger partial charge in [0, 0.05) is 25.7 Å². The van der Waals surface area contributed by atoms with E-state index in [1.165, 1.54) is 32.4 Å². The molecule has 110 valence electrons. The molecule has 0 aromatic carbocycles. The van der Waals surface area contributed by atoms with Crippen LogP contribution >= 0.6 is 0 Å². The summed E-state index contributed by atoms with van der Waals surface area (Å²) in [6, 6.07) is 0.689. The van der Waals surface area contributed by atoms with Crippen molar-refractivity contribution < 1.29 is 9.53 Å². The maximum atomic E-state index is 11.9. The van der Waals surface area contributed by atoms with E-state index in [4.69, 9.17) is 10.5 Å². The first kappa shape index (κ1) is 14.8. The van der Waals surface area contributed by atoms with E-state index in [0.717, 1.165) is 25.9 Å². The third kappa shape index (κ3) is 4.44. The molecule has 5 nitrogen and oxygen atoms in total. The molecule has 2 N–H and O–H groups in total. The molecule has 2 heterocycles. The number of hydrogen-bond donors (Lipinski definition) is 1. The molecule has 19 heavy (non-hydrogen) atoms. The summed E-state index contributed by atoms with van der Waals surface area (Å²) in [6.07, 6.45) is 6.29. The maximum Gasteiger partial charge on any atom is 0.248 e. The average molecular weight is 269 g/mol. The van der Waals surface area contributed by atoms with Gasteiger partial charge in [-0.15, -0.1) is 0 Å². The second-order valence-electron chi connectivity index (χ2n) is 5.55. The first-order chi connectivity index (χ1) is 9.31. The molecule has 0 bridgehead atoms. The molecule has 0 aromatic rings. The summed E-state index contributed by atoms with van der Waals surface area (Å²) < 4.78 is 5.21. The molecule has 0 aromatic heterocycles. The van der Waals surface area contributed by atoms with Gasteiger partial charge in [0.15, 0.2) is 0 Å². The van der Waals surface area contributed by atoms with Crippen molar-refractivity contribution in [1.82, 2.24) is 9.80 Å². The molecule has 0 radical (unpaired) electrons. The highest BCUT2D eigenvalue weighted by Crippen LogP contribution is 2.20. The zero-order valence-corrected chi connectivity index (χ0v) is 11.9. The summed E-state index contributed by atoms with van der Waals surface area (Å²) in [4.78, 5) is 16.5. The number of amides is 1. The van der Waals surface area contributed by atoms with Gasteiger partial charge in [-0.25, -0.2) is 0 Å². The number of carbonyl (C=O) groups excluding carboxylic acids is 1. The minimum absolute atomic E-state index is 0.116. The van der Waals surface area contributed by atoms with Crippen molar-refractivity contribution in [2.45, 2.75) is 38.1 Å². The Bertz CT molecular complexity index is 272. The summed E-state index contributed by atoms with van der Waals surface area (Å²) in [7, 11) is 0. The molecule has 0 aliphatic carbocycles. The summed E-state index contributed by atoms with van der Waals surface area (Å²) >= 11 is 0. The van der Waals surface area contributed by atoms with E-state index in [0.29, 0.717) is 19.2 Å². The molecule has 1 amide bonds. The Balaban J connectivity index is 1.68. The molecule has 0 unspecified atom stereocenters. The monoisotopic (exact) mass is 269 g/mol. The number of nitrogens with zero attached hydrogens (tertiary/aromatic N) is 2. The van der Waals surface area contributed by atoms with E-state index >= 15 is 0 Å². The zero-order valence-electron chi connectivity index (χ0n) is 11.9. The quantitative estimate of drug-likeness (QED) is 0.736. The molecule has 2 fully saturated rings. The van der Waals surface area contributed by atoms with Crippen LogP contribution in [-0.2, 0) is 9.53 Å². The second-order valence-corrected chi connectivity index (χ2v) is 5.55. The zero-order chi connectivity index (χ0) is 13.5. The van der Waals surface area contributed by atoms with Gasteiger partial charge in [-0.05, 0) is 38.8 Å². The van der Waals surface area contributed by atoms with E-state index in [-0.39, 0.29) is 12.5 Å². The lowest BCUT2D eigenvalue weighted by Crippen LogP contribution is -2.48. The number of hydrogen-bond acceptors (Lipinski definition) is 4. The smallest absolute Gasteiger partial charge is 0.248 e. The van der Waals surface area contributed by atoms with Crippen LogP contribution in [-0.4, -0.2) is 67.7 Å². The molecule has 0 spiro atoms. The number of likely N-dealkylation sites (tertiary alicyclic amines) is 2. The topological polar surface area (TPSA) is 58.8 Å². The standard InChI is InChI=1S/C14H27N3O2/c15-6-11-19-12-14(18)17-9-4-13(5-10-17)16-7-2-1-3-8-16/h13H,1-12,15H2.